The van der Waals surface area contributed by atoms with E-state index in [4.69, 9.17) is 0 Å². The third-order valence-corrected chi connectivity index (χ3v) is 5.96. The van der Waals surface area contributed by atoms with Gasteiger partial charge in [0.05, 0.1) is 18.7 Å². The summed E-state index contributed by atoms with van der Waals surface area (Å²) in [5.41, 5.74) is 6.10. The molecule has 1 saturated heterocycles. The third-order valence-electron chi connectivity index (χ3n) is 5.96. The summed E-state index contributed by atoms with van der Waals surface area (Å²) in [6.45, 7) is 11.0. The molecule has 2 heterocycles. The molecule has 156 valence electrons. The van der Waals surface area contributed by atoms with Gasteiger partial charge in [0.15, 0.2) is 0 Å². The van der Waals surface area contributed by atoms with Crippen molar-refractivity contribution in [1.29, 1.82) is 0 Å². The molecule has 7 heteroatoms. The number of aryl methyl sites for hydroxylation is 3. The number of hydrogen-bond acceptors (Lipinski definition) is 4. The summed E-state index contributed by atoms with van der Waals surface area (Å²) >= 11 is 0. The van der Waals surface area contributed by atoms with E-state index in [0.29, 0.717) is 39.1 Å². The van der Waals surface area contributed by atoms with Crippen LogP contribution in [0.3, 0.4) is 0 Å². The van der Waals surface area contributed by atoms with E-state index in [0.717, 1.165) is 33.8 Å². The monoisotopic (exact) mass is 397 g/mol. The number of carbonyl (C=O) groups excluding carboxylic acids is 2. The Bertz CT molecular complexity index is 910. The molecule has 0 bridgehead atoms. The molecule has 2 aromatic rings. The maximum Gasteiger partial charge on any atom is 0.238 e. The second-order valence-corrected chi connectivity index (χ2v) is 7.90. The normalized spacial score (nSPS) is 14.9. The quantitative estimate of drug-likeness (QED) is 0.838. The predicted molar refractivity (Wildman–Crippen MR) is 114 cm³/mol. The molecule has 0 spiro atoms. The van der Waals surface area contributed by atoms with Crippen LogP contribution in [0, 0.1) is 27.7 Å². The van der Waals surface area contributed by atoms with Gasteiger partial charge in [-0.05, 0) is 44.9 Å². The van der Waals surface area contributed by atoms with Crippen LogP contribution in [0.25, 0.3) is 0 Å². The van der Waals surface area contributed by atoms with Gasteiger partial charge in [0, 0.05) is 50.2 Å². The van der Waals surface area contributed by atoms with Gasteiger partial charge in [-0.1, -0.05) is 12.1 Å². The lowest BCUT2D eigenvalue weighted by atomic mass is 10.1. The second-order valence-electron chi connectivity index (χ2n) is 7.90. The fraction of sp³-hybridized carbons (Fsp3) is 0.500. The van der Waals surface area contributed by atoms with Crippen LogP contribution >= 0.6 is 0 Å². The van der Waals surface area contributed by atoms with Crippen molar-refractivity contribution in [2.24, 2.45) is 7.05 Å². The van der Waals surface area contributed by atoms with Gasteiger partial charge in [-0.3, -0.25) is 19.2 Å². The van der Waals surface area contributed by atoms with Crippen LogP contribution in [0.2, 0.25) is 0 Å². The maximum absolute atomic E-state index is 12.7. The van der Waals surface area contributed by atoms with Gasteiger partial charge in [0.2, 0.25) is 11.8 Å². The standard InChI is InChI=1S/C22H31N5O2/c1-15-7-6-8-20(16(15)2)23-21(28)14-26-9-11-27(12-10-26)22(29)13-19-17(3)24-25(5)18(19)4/h6-8H,9-14H2,1-5H3,(H,23,28). The highest BCUT2D eigenvalue weighted by molar-refractivity contribution is 5.93. The molecule has 2 amide bonds. The van der Waals surface area contributed by atoms with Crippen LogP contribution in [0.1, 0.15) is 28.1 Å². The first kappa shape index (κ1) is 21.0. The van der Waals surface area contributed by atoms with Crippen LogP contribution in [0.5, 0.6) is 0 Å². The summed E-state index contributed by atoms with van der Waals surface area (Å²) in [5.74, 6) is 0.115. The summed E-state index contributed by atoms with van der Waals surface area (Å²) in [5, 5.41) is 7.40. The topological polar surface area (TPSA) is 70.5 Å². The first-order chi connectivity index (χ1) is 13.8. The van der Waals surface area contributed by atoms with Crippen molar-refractivity contribution >= 4 is 17.5 Å². The van der Waals surface area contributed by atoms with Gasteiger partial charge in [-0.15, -0.1) is 0 Å². The molecule has 1 N–H and O–H groups in total. The molecule has 0 atom stereocenters. The Kier molecular flexibility index (Phi) is 6.37. The highest BCUT2D eigenvalue weighted by atomic mass is 16.2. The number of benzene rings is 1. The fourth-order valence-electron chi connectivity index (χ4n) is 3.77. The lowest BCUT2D eigenvalue weighted by molar-refractivity contribution is -0.132. The summed E-state index contributed by atoms with van der Waals surface area (Å²) < 4.78 is 1.82. The number of hydrogen-bond donors (Lipinski definition) is 1. The fourth-order valence-corrected chi connectivity index (χ4v) is 3.77. The number of amides is 2. The van der Waals surface area contributed by atoms with Crippen LogP contribution < -0.4 is 5.32 Å². The lowest BCUT2D eigenvalue weighted by Gasteiger charge is -2.34. The molecule has 7 nitrogen and oxygen atoms in total. The van der Waals surface area contributed by atoms with E-state index in [2.05, 4.69) is 15.3 Å². The van der Waals surface area contributed by atoms with Gasteiger partial charge in [-0.2, -0.15) is 5.10 Å². The number of anilines is 1. The minimum Gasteiger partial charge on any atom is -0.340 e. The van der Waals surface area contributed by atoms with Crippen molar-refractivity contribution in [3.8, 4) is 0 Å². The molecule has 0 radical (unpaired) electrons. The van der Waals surface area contributed by atoms with Gasteiger partial charge < -0.3 is 10.2 Å². The highest BCUT2D eigenvalue weighted by Gasteiger charge is 2.24. The molecule has 0 unspecified atom stereocenters. The zero-order valence-corrected chi connectivity index (χ0v) is 18.1. The van der Waals surface area contributed by atoms with E-state index < -0.39 is 0 Å². The van der Waals surface area contributed by atoms with E-state index in [1.165, 1.54) is 0 Å². The van der Waals surface area contributed by atoms with E-state index >= 15 is 0 Å². The van der Waals surface area contributed by atoms with Gasteiger partial charge >= 0.3 is 0 Å². The zero-order chi connectivity index (χ0) is 21.1. The van der Waals surface area contributed by atoms with Crippen molar-refractivity contribution in [1.82, 2.24) is 19.6 Å². The van der Waals surface area contributed by atoms with E-state index in [-0.39, 0.29) is 11.8 Å². The van der Waals surface area contributed by atoms with Crippen LogP contribution in [-0.2, 0) is 23.1 Å². The Morgan fingerprint density at radius 2 is 1.76 bits per heavy atom. The SMILES string of the molecule is Cc1cccc(NC(=O)CN2CCN(C(=O)Cc3c(C)nn(C)c3C)CC2)c1C. The summed E-state index contributed by atoms with van der Waals surface area (Å²) in [4.78, 5) is 29.1. The Labute approximate surface area is 172 Å². The Morgan fingerprint density at radius 1 is 1.07 bits per heavy atom. The average Bonchev–Trinajstić information content (AvgIpc) is 2.92. The van der Waals surface area contributed by atoms with E-state index in [1.807, 2.05) is 62.5 Å². The molecule has 1 aliphatic rings. The number of carbonyl (C=O) groups is 2. The molecule has 29 heavy (non-hydrogen) atoms. The average molecular weight is 398 g/mol. The Balaban J connectivity index is 1.49. The lowest BCUT2D eigenvalue weighted by Crippen LogP contribution is -2.50. The molecule has 1 aliphatic heterocycles. The predicted octanol–water partition coefficient (Wildman–Crippen LogP) is 1.98. The molecule has 3 rings (SSSR count). The molecule has 0 saturated carbocycles. The zero-order valence-electron chi connectivity index (χ0n) is 18.1. The van der Waals surface area contributed by atoms with Crippen LogP contribution in [0.15, 0.2) is 18.2 Å². The highest BCUT2D eigenvalue weighted by Crippen LogP contribution is 2.18. The summed E-state index contributed by atoms with van der Waals surface area (Å²) in [7, 11) is 1.90. The molecule has 1 aromatic heterocycles. The summed E-state index contributed by atoms with van der Waals surface area (Å²) in [6.07, 6.45) is 0.388. The van der Waals surface area contributed by atoms with Gasteiger partial charge in [-0.25, -0.2) is 0 Å². The molecule has 0 aliphatic carbocycles. The molecule has 1 aromatic carbocycles. The minimum atomic E-state index is -0.0138. The number of rotatable bonds is 5. The van der Waals surface area contributed by atoms with Crippen molar-refractivity contribution < 1.29 is 9.59 Å². The smallest absolute Gasteiger partial charge is 0.238 e. The minimum absolute atomic E-state index is 0.0138. The summed E-state index contributed by atoms with van der Waals surface area (Å²) in [6, 6.07) is 5.92. The van der Waals surface area contributed by atoms with Crippen LogP contribution in [0.4, 0.5) is 5.69 Å². The van der Waals surface area contributed by atoms with Gasteiger partial charge in [0.25, 0.3) is 0 Å². The number of nitrogens with zero attached hydrogens (tertiary/aromatic N) is 4. The number of nitrogens with one attached hydrogen (secondary N) is 1. The van der Waals surface area contributed by atoms with Crippen molar-refractivity contribution in [3.63, 3.8) is 0 Å². The Morgan fingerprint density at radius 3 is 2.38 bits per heavy atom. The van der Waals surface area contributed by atoms with Crippen molar-refractivity contribution in [2.75, 3.05) is 38.0 Å². The molecular weight excluding hydrogens is 366 g/mol. The van der Waals surface area contributed by atoms with Crippen molar-refractivity contribution in [2.45, 2.75) is 34.1 Å². The molecular formula is C22H31N5O2. The molecule has 1 fully saturated rings. The number of aromatic nitrogens is 2. The third kappa shape index (κ3) is 4.85. The van der Waals surface area contributed by atoms with E-state index in [9.17, 15) is 9.59 Å². The first-order valence-electron chi connectivity index (χ1n) is 10.1. The van der Waals surface area contributed by atoms with E-state index in [1.54, 1.807) is 0 Å². The number of piperazine rings is 1. The first-order valence-corrected chi connectivity index (χ1v) is 10.1. The Hall–Kier alpha value is -2.67. The maximum atomic E-state index is 12.7. The van der Waals surface area contributed by atoms with Crippen LogP contribution in [-0.4, -0.2) is 64.1 Å². The second kappa shape index (κ2) is 8.78. The largest absolute Gasteiger partial charge is 0.340 e. The van der Waals surface area contributed by atoms with Crippen molar-refractivity contribution in [3.05, 3.63) is 46.3 Å². The van der Waals surface area contributed by atoms with Gasteiger partial charge in [0.1, 0.15) is 0 Å².